The molecule has 0 aromatic rings. The highest BCUT2D eigenvalue weighted by Crippen LogP contribution is 1.84. The normalized spacial score (nSPS) is 8.40. The van der Waals surface area contributed by atoms with Gasteiger partial charge in [0.25, 0.3) is 0 Å². The standard InChI is InChI=1S/C5H14NO.3BrH/c1-6(2,3)4-5-7;;;/h7H,4-5H2,1-3H3;3*1H/q+1;;;/p-1. The molecule has 68 valence electrons. The van der Waals surface area contributed by atoms with Crippen LogP contribution in [0.5, 0.6) is 0 Å². The Bertz CT molecular complexity index is 55.3. The first-order chi connectivity index (χ1) is 3.06. The minimum Gasteiger partial charge on any atom is -1.00 e. The molecule has 0 atom stereocenters. The topological polar surface area (TPSA) is 20.2 Å². The van der Waals surface area contributed by atoms with E-state index < -0.39 is 0 Å². The van der Waals surface area contributed by atoms with E-state index in [1.165, 1.54) is 0 Å². The summed E-state index contributed by atoms with van der Waals surface area (Å²) in [5.74, 6) is 0. The third kappa shape index (κ3) is 22.8. The molecule has 1 N–H and O–H groups in total. The molecule has 0 spiro atoms. The van der Waals surface area contributed by atoms with Gasteiger partial charge < -0.3 is 26.6 Å². The second-order valence-corrected chi connectivity index (χ2v) is 2.74. The van der Waals surface area contributed by atoms with E-state index in [2.05, 4.69) is 21.1 Å². The molecule has 2 nitrogen and oxygen atoms in total. The molecule has 0 fully saturated rings. The molecule has 0 aliphatic carbocycles. The van der Waals surface area contributed by atoms with Crippen molar-refractivity contribution in [1.82, 2.24) is 0 Å². The number of halogens is 3. The van der Waals surface area contributed by atoms with Crippen LogP contribution >= 0.6 is 34.0 Å². The molecule has 0 aliphatic heterocycles. The fraction of sp³-hybridized carbons (Fsp3) is 1.00. The van der Waals surface area contributed by atoms with E-state index >= 15 is 0 Å². The summed E-state index contributed by atoms with van der Waals surface area (Å²) >= 11 is 0. The van der Waals surface area contributed by atoms with Crippen LogP contribution in [-0.4, -0.2) is 43.9 Å². The molecule has 0 saturated heterocycles. The number of aliphatic hydroxyl groups excluding tert-OH is 1. The SMILES string of the molecule is Br.Br.C[N+](C)(C)CCO.[Br-]. The Morgan fingerprint density at radius 1 is 1.10 bits per heavy atom. The van der Waals surface area contributed by atoms with E-state index in [9.17, 15) is 0 Å². The summed E-state index contributed by atoms with van der Waals surface area (Å²) in [7, 11) is 6.16. The van der Waals surface area contributed by atoms with Gasteiger partial charge in [0.05, 0.1) is 27.7 Å². The fourth-order valence-corrected chi connectivity index (χ4v) is 0.300. The van der Waals surface area contributed by atoms with Crippen LogP contribution in [0.3, 0.4) is 0 Å². The Morgan fingerprint density at radius 3 is 1.40 bits per heavy atom. The number of likely N-dealkylation sites (N-methyl/N-ethyl adjacent to an activating group) is 1. The highest BCUT2D eigenvalue weighted by Gasteiger charge is 2.02. The summed E-state index contributed by atoms with van der Waals surface area (Å²) in [5.41, 5.74) is 0. The summed E-state index contributed by atoms with van der Waals surface area (Å²) in [6.45, 7) is 1.11. The van der Waals surface area contributed by atoms with Crippen LogP contribution in [0.1, 0.15) is 0 Å². The number of rotatable bonds is 2. The summed E-state index contributed by atoms with van der Waals surface area (Å²) < 4.78 is 0.844. The van der Waals surface area contributed by atoms with Crippen molar-refractivity contribution in [2.45, 2.75) is 0 Å². The summed E-state index contributed by atoms with van der Waals surface area (Å²) in [5, 5.41) is 8.39. The minimum atomic E-state index is 0. The maximum absolute atomic E-state index is 8.39. The van der Waals surface area contributed by atoms with Crippen LogP contribution in [0.2, 0.25) is 0 Å². The van der Waals surface area contributed by atoms with Crippen LogP contribution in [0.4, 0.5) is 0 Å². The van der Waals surface area contributed by atoms with E-state index in [-0.39, 0.29) is 57.6 Å². The van der Waals surface area contributed by atoms with Gasteiger partial charge in [-0.15, -0.1) is 34.0 Å². The molecule has 0 saturated carbocycles. The first-order valence-corrected chi connectivity index (χ1v) is 2.47. The number of hydrogen-bond acceptors (Lipinski definition) is 1. The van der Waals surface area contributed by atoms with E-state index in [0.29, 0.717) is 0 Å². The molecule has 0 heterocycles. The fourth-order valence-electron chi connectivity index (χ4n) is 0.300. The zero-order valence-corrected chi connectivity index (χ0v) is 11.5. The van der Waals surface area contributed by atoms with Crippen molar-refractivity contribution in [1.29, 1.82) is 0 Å². The Hall–Kier alpha value is 1.36. The van der Waals surface area contributed by atoms with Gasteiger partial charge in [0.1, 0.15) is 6.54 Å². The Kier molecular flexibility index (Phi) is 23.3. The maximum atomic E-state index is 8.39. The average Bonchev–Trinajstić information content (AvgIpc) is 1.30. The minimum absolute atomic E-state index is 0. The lowest BCUT2D eigenvalue weighted by molar-refractivity contribution is -0.870. The predicted molar refractivity (Wildman–Crippen MR) is 50.6 cm³/mol. The van der Waals surface area contributed by atoms with Gasteiger partial charge in [0.15, 0.2) is 0 Å². The van der Waals surface area contributed by atoms with Crippen molar-refractivity contribution >= 4 is 34.0 Å². The van der Waals surface area contributed by atoms with Crippen molar-refractivity contribution in [2.24, 2.45) is 0 Å². The van der Waals surface area contributed by atoms with Crippen molar-refractivity contribution < 1.29 is 26.6 Å². The second-order valence-electron chi connectivity index (χ2n) is 2.74. The molecule has 0 aliphatic rings. The number of quaternary nitrogens is 1. The molecule has 10 heavy (non-hydrogen) atoms. The van der Waals surface area contributed by atoms with Crippen molar-refractivity contribution in [3.8, 4) is 0 Å². The molecule has 0 amide bonds. The Balaban J connectivity index is -0.0000000600. The summed E-state index contributed by atoms with van der Waals surface area (Å²) in [6.07, 6.45) is 0. The summed E-state index contributed by atoms with van der Waals surface area (Å²) in [6, 6.07) is 0. The van der Waals surface area contributed by atoms with Gasteiger partial charge in [-0.05, 0) is 0 Å². The Labute approximate surface area is 94.5 Å². The molecule has 0 unspecified atom stereocenters. The highest BCUT2D eigenvalue weighted by molar-refractivity contribution is 8.93. The smallest absolute Gasteiger partial charge is 0.101 e. The zero-order chi connectivity index (χ0) is 5.91. The van der Waals surface area contributed by atoms with Gasteiger partial charge in [0.2, 0.25) is 0 Å². The van der Waals surface area contributed by atoms with Gasteiger partial charge >= 0.3 is 0 Å². The Morgan fingerprint density at radius 2 is 1.40 bits per heavy atom. The molecule has 0 aromatic carbocycles. The third-order valence-electron chi connectivity index (χ3n) is 0.771. The molecular weight excluding hydrogens is 330 g/mol. The van der Waals surface area contributed by atoms with Gasteiger partial charge in [-0.1, -0.05) is 0 Å². The predicted octanol–water partition coefficient (Wildman–Crippen LogP) is -2.16. The first kappa shape index (κ1) is 22.5. The number of nitrogens with zero attached hydrogens (tertiary/aromatic N) is 1. The zero-order valence-electron chi connectivity index (χ0n) is 6.50. The molecule has 0 rings (SSSR count). The maximum Gasteiger partial charge on any atom is 0.101 e. The third-order valence-corrected chi connectivity index (χ3v) is 0.771. The number of hydrogen-bond donors (Lipinski definition) is 1. The lowest BCUT2D eigenvalue weighted by Crippen LogP contribution is -3.00. The van der Waals surface area contributed by atoms with Crippen LogP contribution in [0.25, 0.3) is 0 Å². The van der Waals surface area contributed by atoms with E-state index in [1.807, 2.05) is 0 Å². The first-order valence-electron chi connectivity index (χ1n) is 2.47. The van der Waals surface area contributed by atoms with Crippen molar-refractivity contribution in [2.75, 3.05) is 34.3 Å². The van der Waals surface area contributed by atoms with Crippen LogP contribution in [0.15, 0.2) is 0 Å². The molecule has 0 radical (unpaired) electrons. The average molecular weight is 346 g/mol. The van der Waals surface area contributed by atoms with E-state index in [0.717, 1.165) is 11.0 Å². The molecule has 0 bridgehead atoms. The monoisotopic (exact) mass is 343 g/mol. The summed E-state index contributed by atoms with van der Waals surface area (Å²) in [4.78, 5) is 0. The highest BCUT2D eigenvalue weighted by atomic mass is 79.9. The van der Waals surface area contributed by atoms with Crippen LogP contribution in [0, 0.1) is 0 Å². The van der Waals surface area contributed by atoms with Gasteiger partial charge in [-0.25, -0.2) is 0 Å². The van der Waals surface area contributed by atoms with Crippen molar-refractivity contribution in [3.05, 3.63) is 0 Å². The van der Waals surface area contributed by atoms with E-state index in [1.54, 1.807) is 0 Å². The van der Waals surface area contributed by atoms with Gasteiger partial charge in [0, 0.05) is 0 Å². The second kappa shape index (κ2) is 10.4. The molecular formula is C5H16Br3NO. The molecule has 0 aromatic heterocycles. The molecule has 5 heteroatoms. The lowest BCUT2D eigenvalue weighted by atomic mass is 10.5. The lowest BCUT2D eigenvalue weighted by Gasteiger charge is -2.21. The quantitative estimate of drug-likeness (QED) is 0.566. The largest absolute Gasteiger partial charge is 1.00 e. The van der Waals surface area contributed by atoms with Gasteiger partial charge in [-0.2, -0.15) is 0 Å². The van der Waals surface area contributed by atoms with E-state index in [4.69, 9.17) is 5.11 Å². The number of aliphatic hydroxyl groups is 1. The van der Waals surface area contributed by atoms with Gasteiger partial charge in [-0.3, -0.25) is 0 Å². The van der Waals surface area contributed by atoms with Crippen LogP contribution in [-0.2, 0) is 0 Å². The van der Waals surface area contributed by atoms with Crippen molar-refractivity contribution in [3.63, 3.8) is 0 Å². The van der Waals surface area contributed by atoms with Crippen LogP contribution < -0.4 is 17.0 Å².